The SMILES string of the molecule is O=C[C@@H](CC(=O)O)NC(=O)C1Cc2c[nH]c3ccc4oc(nc4c23)-c2ccc(cc2)CCC(=O)CN1. The fourth-order valence-electron chi connectivity index (χ4n) is 4.47. The minimum atomic E-state index is -1.21. The van der Waals surface area contributed by atoms with Crippen molar-refractivity contribution in [1.29, 1.82) is 0 Å². The number of ketones is 1. The zero-order chi connectivity index (χ0) is 25.2. The lowest BCUT2D eigenvalue weighted by atomic mass is 10.0. The fourth-order valence-corrected chi connectivity index (χ4v) is 4.47. The van der Waals surface area contributed by atoms with Crippen LogP contribution in [0.2, 0.25) is 0 Å². The van der Waals surface area contributed by atoms with E-state index >= 15 is 0 Å². The highest BCUT2D eigenvalue weighted by atomic mass is 16.4. The second-order valence-electron chi connectivity index (χ2n) is 8.89. The number of carbonyl (C=O) groups excluding carboxylic acids is 3. The Balaban J connectivity index is 1.55. The van der Waals surface area contributed by atoms with Gasteiger partial charge < -0.3 is 24.6 Å². The molecule has 0 aliphatic carbocycles. The molecule has 0 radical (unpaired) electrons. The van der Waals surface area contributed by atoms with Gasteiger partial charge in [0, 0.05) is 29.1 Å². The molecule has 2 aliphatic heterocycles. The molecule has 4 bridgehead atoms. The van der Waals surface area contributed by atoms with E-state index in [-0.39, 0.29) is 25.2 Å². The van der Waals surface area contributed by atoms with E-state index in [4.69, 9.17) is 14.5 Å². The molecule has 0 saturated carbocycles. The third-order valence-electron chi connectivity index (χ3n) is 6.35. The number of rotatable bonds is 5. The summed E-state index contributed by atoms with van der Waals surface area (Å²) in [7, 11) is 0. The number of aldehydes is 1. The number of hydrogen-bond donors (Lipinski definition) is 4. The van der Waals surface area contributed by atoms with Gasteiger partial charge in [0.2, 0.25) is 11.8 Å². The van der Waals surface area contributed by atoms with Crippen molar-refractivity contribution in [3.63, 3.8) is 0 Å². The first-order valence-corrected chi connectivity index (χ1v) is 11.6. The molecule has 10 heteroatoms. The molecule has 2 aromatic heterocycles. The van der Waals surface area contributed by atoms with Crippen LogP contribution in [0.1, 0.15) is 24.0 Å². The number of amides is 1. The van der Waals surface area contributed by atoms with Gasteiger partial charge in [-0.1, -0.05) is 12.1 Å². The summed E-state index contributed by atoms with van der Waals surface area (Å²) in [6.07, 6.45) is 2.63. The van der Waals surface area contributed by atoms with E-state index in [1.54, 1.807) is 6.20 Å². The number of aryl methyl sites for hydroxylation is 1. The van der Waals surface area contributed by atoms with Crippen LogP contribution in [0.4, 0.5) is 0 Å². The Morgan fingerprint density at radius 3 is 2.75 bits per heavy atom. The van der Waals surface area contributed by atoms with Crippen LogP contribution in [-0.4, -0.2) is 57.6 Å². The monoisotopic (exact) mass is 488 g/mol. The number of carboxylic acid groups (broad SMARTS) is 1. The average Bonchev–Trinajstić information content (AvgIpc) is 3.48. The van der Waals surface area contributed by atoms with E-state index < -0.39 is 30.4 Å². The Morgan fingerprint density at radius 1 is 1.19 bits per heavy atom. The molecule has 2 aliphatic rings. The Morgan fingerprint density at radius 2 is 2.00 bits per heavy atom. The van der Waals surface area contributed by atoms with Crippen LogP contribution >= 0.6 is 0 Å². The molecule has 0 spiro atoms. The van der Waals surface area contributed by atoms with Crippen LogP contribution < -0.4 is 10.6 Å². The zero-order valence-electron chi connectivity index (χ0n) is 19.2. The number of H-pyrrole nitrogens is 1. The Hall–Kier alpha value is -4.31. The highest BCUT2D eigenvalue weighted by molar-refractivity contribution is 6.05. The van der Waals surface area contributed by atoms with Gasteiger partial charge in [0.1, 0.15) is 17.6 Å². The second-order valence-corrected chi connectivity index (χ2v) is 8.89. The minimum absolute atomic E-state index is 0.0489. The molecular weight excluding hydrogens is 464 g/mol. The number of aromatic nitrogens is 2. The summed E-state index contributed by atoms with van der Waals surface area (Å²) in [4.78, 5) is 56.0. The second kappa shape index (κ2) is 9.74. The molecule has 6 rings (SSSR count). The number of nitrogens with zero attached hydrogens (tertiary/aromatic N) is 1. The summed E-state index contributed by atoms with van der Waals surface area (Å²) in [5.41, 5.74) is 4.61. The van der Waals surface area contributed by atoms with E-state index in [1.807, 2.05) is 36.4 Å². The van der Waals surface area contributed by atoms with Gasteiger partial charge >= 0.3 is 5.97 Å². The van der Waals surface area contributed by atoms with E-state index in [0.29, 0.717) is 29.7 Å². The fraction of sp³-hybridized carbons (Fsp3) is 0.269. The van der Waals surface area contributed by atoms with Crippen molar-refractivity contribution in [2.75, 3.05) is 6.54 Å². The van der Waals surface area contributed by atoms with Crippen LogP contribution in [0.3, 0.4) is 0 Å². The standard InChI is InChI=1S/C26H24N4O6/c31-13-17(10-22(33)34)29-25(35)20-9-16-11-27-19-7-8-21-24(23(16)19)30-26(36-21)15-4-1-14(2-5-15)3-6-18(32)12-28-20/h1-2,4-5,7-8,11,13,17,20,27-28H,3,6,9-10,12H2,(H,29,35)(H,33,34)/t17-,20?/m1/s1. The normalized spacial score (nSPS) is 17.1. The highest BCUT2D eigenvalue weighted by Crippen LogP contribution is 2.32. The van der Waals surface area contributed by atoms with Crippen molar-refractivity contribution in [2.24, 2.45) is 0 Å². The molecular formula is C26H24N4O6. The first-order valence-electron chi connectivity index (χ1n) is 11.6. The summed E-state index contributed by atoms with van der Waals surface area (Å²) in [6.45, 7) is -0.0489. The van der Waals surface area contributed by atoms with E-state index in [1.165, 1.54) is 0 Å². The maximum absolute atomic E-state index is 13.1. The molecule has 184 valence electrons. The van der Waals surface area contributed by atoms with Crippen molar-refractivity contribution in [2.45, 2.75) is 37.8 Å². The molecule has 2 aromatic carbocycles. The number of oxazole rings is 1. The number of nitrogens with one attached hydrogen (secondary N) is 3. The maximum atomic E-state index is 13.1. The molecule has 0 saturated heterocycles. The van der Waals surface area contributed by atoms with Gasteiger partial charge in [0.25, 0.3) is 0 Å². The number of aliphatic carboxylic acids is 1. The van der Waals surface area contributed by atoms with Crippen molar-refractivity contribution < 1.29 is 28.7 Å². The van der Waals surface area contributed by atoms with Crippen molar-refractivity contribution in [3.8, 4) is 11.5 Å². The minimum Gasteiger partial charge on any atom is -0.481 e. The largest absolute Gasteiger partial charge is 0.481 e. The smallest absolute Gasteiger partial charge is 0.305 e. The van der Waals surface area contributed by atoms with Crippen LogP contribution in [0.5, 0.6) is 0 Å². The summed E-state index contributed by atoms with van der Waals surface area (Å²) in [5.74, 6) is -1.38. The third-order valence-corrected chi connectivity index (χ3v) is 6.35. The summed E-state index contributed by atoms with van der Waals surface area (Å²) in [6, 6.07) is 9.35. The molecule has 2 atom stereocenters. The number of Topliss-reactive ketones (excluding diaryl/α,β-unsaturated/α-hetero) is 1. The van der Waals surface area contributed by atoms with Crippen LogP contribution in [0.15, 0.2) is 47.0 Å². The molecule has 1 unspecified atom stereocenters. The number of carbonyl (C=O) groups is 4. The quantitative estimate of drug-likeness (QED) is 0.312. The van der Waals surface area contributed by atoms with Gasteiger partial charge in [-0.2, -0.15) is 0 Å². The number of hydrogen-bond acceptors (Lipinski definition) is 7. The number of aromatic amines is 1. The van der Waals surface area contributed by atoms with Crippen molar-refractivity contribution in [3.05, 3.63) is 53.7 Å². The third kappa shape index (κ3) is 4.76. The van der Waals surface area contributed by atoms with Gasteiger partial charge in [-0.25, -0.2) is 4.98 Å². The Labute approximate surface area is 205 Å². The molecule has 10 nitrogen and oxygen atoms in total. The molecule has 4 N–H and O–H groups in total. The summed E-state index contributed by atoms with van der Waals surface area (Å²) < 4.78 is 6.03. The number of carboxylic acids is 1. The number of benzene rings is 2. The van der Waals surface area contributed by atoms with Crippen molar-refractivity contribution in [1.82, 2.24) is 20.6 Å². The maximum Gasteiger partial charge on any atom is 0.305 e. The first-order chi connectivity index (χ1) is 17.4. The Kier molecular flexibility index (Phi) is 6.34. The number of fused-ring (bicyclic) bond motifs is 8. The van der Waals surface area contributed by atoms with E-state index in [0.717, 1.165) is 27.6 Å². The van der Waals surface area contributed by atoms with Gasteiger partial charge in [-0.3, -0.25) is 19.7 Å². The zero-order valence-corrected chi connectivity index (χ0v) is 19.2. The van der Waals surface area contributed by atoms with Gasteiger partial charge in [0.15, 0.2) is 5.58 Å². The van der Waals surface area contributed by atoms with E-state index in [2.05, 4.69) is 15.6 Å². The molecule has 36 heavy (non-hydrogen) atoms. The highest BCUT2D eigenvalue weighted by Gasteiger charge is 2.26. The lowest BCUT2D eigenvalue weighted by Gasteiger charge is -2.20. The van der Waals surface area contributed by atoms with Crippen LogP contribution in [0.25, 0.3) is 33.5 Å². The first kappa shape index (κ1) is 23.4. The summed E-state index contributed by atoms with van der Waals surface area (Å²) in [5, 5.41) is 15.3. The van der Waals surface area contributed by atoms with Crippen molar-refractivity contribution >= 4 is 45.9 Å². The Bertz CT molecular complexity index is 1470. The lowest BCUT2D eigenvalue weighted by molar-refractivity contribution is -0.138. The van der Waals surface area contributed by atoms with E-state index in [9.17, 15) is 19.2 Å². The predicted molar refractivity (Wildman–Crippen MR) is 130 cm³/mol. The molecule has 4 heterocycles. The molecule has 4 aromatic rings. The lowest BCUT2D eigenvalue weighted by Crippen LogP contribution is -2.50. The summed E-state index contributed by atoms with van der Waals surface area (Å²) >= 11 is 0. The van der Waals surface area contributed by atoms with Crippen LogP contribution in [0, 0.1) is 0 Å². The van der Waals surface area contributed by atoms with Gasteiger partial charge in [0.05, 0.1) is 25.0 Å². The topological polar surface area (TPSA) is 154 Å². The molecule has 0 fully saturated rings. The van der Waals surface area contributed by atoms with Crippen LogP contribution in [-0.2, 0) is 32.0 Å². The molecule has 1 amide bonds. The van der Waals surface area contributed by atoms with Gasteiger partial charge in [-0.15, -0.1) is 0 Å². The van der Waals surface area contributed by atoms with Gasteiger partial charge in [-0.05, 0) is 48.2 Å². The predicted octanol–water partition coefficient (Wildman–Crippen LogP) is 2.15. The average molecular weight is 489 g/mol.